The Kier molecular flexibility index (Phi) is 10.1. The van der Waals surface area contributed by atoms with E-state index in [1.807, 2.05) is 5.32 Å². The first-order chi connectivity index (χ1) is 21.9. The van der Waals surface area contributed by atoms with Crippen LogP contribution in [0.5, 0.6) is 0 Å². The number of aromatic nitrogens is 1. The Morgan fingerprint density at radius 2 is 1.68 bits per heavy atom. The van der Waals surface area contributed by atoms with Gasteiger partial charge in [0.2, 0.25) is 0 Å². The largest absolute Gasteiger partial charge is 0.500 e. The minimum Gasteiger partial charge on any atom is -0.500 e. The van der Waals surface area contributed by atoms with Crippen LogP contribution in [0.15, 0.2) is 47.5 Å². The Morgan fingerprint density at radius 1 is 1.06 bits per heavy atom. The van der Waals surface area contributed by atoms with Crippen molar-refractivity contribution in [2.45, 2.75) is 64.3 Å². The van der Waals surface area contributed by atoms with Gasteiger partial charge in [-0.3, -0.25) is 9.59 Å². The van der Waals surface area contributed by atoms with Crippen LogP contribution < -0.4 is 16.2 Å². The van der Waals surface area contributed by atoms with Crippen LogP contribution in [0.25, 0.3) is 11.1 Å². The number of hydrogen-bond donors (Lipinski definition) is 2. The Morgan fingerprint density at radius 3 is 2.23 bits per heavy atom. The lowest BCUT2D eigenvalue weighted by Gasteiger charge is -2.23. The van der Waals surface area contributed by atoms with E-state index in [9.17, 15) is 44.7 Å². The first kappa shape index (κ1) is 35.5. The lowest BCUT2D eigenvalue weighted by Crippen LogP contribution is -2.39. The van der Waals surface area contributed by atoms with E-state index >= 15 is 0 Å². The maximum atomic E-state index is 15.0. The lowest BCUT2D eigenvalue weighted by atomic mass is 9.89. The maximum absolute atomic E-state index is 15.0. The molecule has 3 aromatic rings. The summed E-state index contributed by atoms with van der Waals surface area (Å²) in [5.74, 6) is -4.16. The summed E-state index contributed by atoms with van der Waals surface area (Å²) in [6.45, 7) is 6.19. The van der Waals surface area contributed by atoms with Crippen molar-refractivity contribution < 1.29 is 49.4 Å². The van der Waals surface area contributed by atoms with Crippen LogP contribution in [-0.4, -0.2) is 35.8 Å². The third-order valence-electron chi connectivity index (χ3n) is 8.06. The molecule has 47 heavy (non-hydrogen) atoms. The first-order valence-corrected chi connectivity index (χ1v) is 14.2. The first-order valence-electron chi connectivity index (χ1n) is 14.2. The molecule has 2 heterocycles. The van der Waals surface area contributed by atoms with Gasteiger partial charge < -0.3 is 24.7 Å². The molecule has 0 fully saturated rings. The van der Waals surface area contributed by atoms with Gasteiger partial charge in [-0.15, -0.1) is 0 Å². The zero-order valence-corrected chi connectivity index (χ0v) is 25.7. The van der Waals surface area contributed by atoms with E-state index in [-0.39, 0.29) is 36.7 Å². The predicted octanol–water partition coefficient (Wildman–Crippen LogP) is 6.94. The molecule has 0 radical (unpaired) electrons. The number of rotatable bonds is 10. The highest BCUT2D eigenvalue weighted by atomic mass is 19.4. The van der Waals surface area contributed by atoms with Crippen LogP contribution >= 0.6 is 0 Å². The van der Waals surface area contributed by atoms with Gasteiger partial charge in [0.1, 0.15) is 29.0 Å². The van der Waals surface area contributed by atoms with Gasteiger partial charge in [-0.1, -0.05) is 25.6 Å². The minimum absolute atomic E-state index is 0.0222. The molecule has 1 aliphatic heterocycles. The number of ether oxygens (including phenoxy) is 2. The standard InChI is InChI=1S/C32H31F8N3O4/c1-6-26(32(38,39)40)41-18-11-23(33)28(24(34)12-18)29(44)42-25(16(3)46-5)10-17-7-8-19(21-14-47-13-20(17)21)27-22(31(35,36)37)9-15(2)43(4)30(27)45/h7-9,11-12,25-26,41H,3,6,10,13-14H2,1-2,4-5H3,(H,42,44)/t25-,26+/m0/s1. The SMILES string of the molecule is C=C(OC)[C@H](Cc1ccc(-c2c(C(F)(F)F)cc(C)n(C)c2=O)c2c1COC2)NC(=O)c1c(F)cc(N[C@H](CC)C(F)(F)F)cc1F. The summed E-state index contributed by atoms with van der Waals surface area (Å²) in [5.41, 5.74) is -2.73. The Bertz CT molecular complexity index is 1740. The number of pyridine rings is 1. The molecule has 1 aliphatic rings. The zero-order chi connectivity index (χ0) is 35.0. The van der Waals surface area contributed by atoms with Crippen LogP contribution in [0.4, 0.5) is 40.8 Å². The molecule has 1 aromatic heterocycles. The number of anilines is 1. The molecule has 1 amide bonds. The van der Waals surface area contributed by atoms with Crippen LogP contribution in [0.1, 0.15) is 51.7 Å². The molecule has 254 valence electrons. The van der Waals surface area contributed by atoms with E-state index in [4.69, 9.17) is 9.47 Å². The van der Waals surface area contributed by atoms with Gasteiger partial charge in [-0.2, -0.15) is 26.3 Å². The fourth-order valence-corrected chi connectivity index (χ4v) is 5.40. The number of fused-ring (bicyclic) bond motifs is 1. The molecule has 7 nitrogen and oxygen atoms in total. The normalized spacial score (nSPS) is 14.4. The van der Waals surface area contributed by atoms with Crippen molar-refractivity contribution in [3.05, 3.63) is 98.2 Å². The Hall–Kier alpha value is -4.40. The highest BCUT2D eigenvalue weighted by Crippen LogP contribution is 2.40. The lowest BCUT2D eigenvalue weighted by molar-refractivity contribution is -0.143. The number of halogens is 8. The molecular weight excluding hydrogens is 642 g/mol. The minimum atomic E-state index is -4.83. The fraction of sp³-hybridized carbons (Fsp3) is 0.375. The van der Waals surface area contributed by atoms with Crippen LogP contribution in [0.2, 0.25) is 0 Å². The molecule has 0 spiro atoms. The number of amides is 1. The summed E-state index contributed by atoms with van der Waals surface area (Å²) in [7, 11) is 2.59. The molecule has 0 saturated carbocycles. The third-order valence-corrected chi connectivity index (χ3v) is 8.06. The Balaban J connectivity index is 1.68. The number of methoxy groups -OCH3 is 1. The van der Waals surface area contributed by atoms with Gasteiger partial charge >= 0.3 is 12.4 Å². The van der Waals surface area contributed by atoms with Gasteiger partial charge in [0.15, 0.2) is 0 Å². The summed E-state index contributed by atoms with van der Waals surface area (Å²) < 4.78 is 123. The van der Waals surface area contributed by atoms with Gasteiger partial charge in [0.25, 0.3) is 11.5 Å². The van der Waals surface area contributed by atoms with E-state index in [2.05, 4.69) is 11.9 Å². The molecule has 0 unspecified atom stereocenters. The maximum Gasteiger partial charge on any atom is 0.417 e. The van der Waals surface area contributed by atoms with Crippen molar-refractivity contribution in [2.24, 2.45) is 7.05 Å². The second kappa shape index (κ2) is 13.4. The number of benzene rings is 2. The summed E-state index contributed by atoms with van der Waals surface area (Å²) in [6.07, 6.45) is -10.1. The second-order valence-electron chi connectivity index (χ2n) is 11.0. The molecule has 2 atom stereocenters. The highest BCUT2D eigenvalue weighted by Gasteiger charge is 2.39. The quantitative estimate of drug-likeness (QED) is 0.180. The monoisotopic (exact) mass is 673 g/mol. The topological polar surface area (TPSA) is 81.6 Å². The number of aryl methyl sites for hydroxylation is 1. The number of nitrogens with one attached hydrogen (secondary N) is 2. The summed E-state index contributed by atoms with van der Waals surface area (Å²) in [4.78, 5) is 26.2. The van der Waals surface area contributed by atoms with Crippen LogP contribution in [0, 0.1) is 18.6 Å². The van der Waals surface area contributed by atoms with Gasteiger partial charge in [0, 0.05) is 24.8 Å². The van der Waals surface area contributed by atoms with Crippen molar-refractivity contribution in [1.29, 1.82) is 0 Å². The number of hydrogen-bond acceptors (Lipinski definition) is 5. The zero-order valence-electron chi connectivity index (χ0n) is 25.7. The Labute approximate surface area is 264 Å². The molecule has 4 rings (SSSR count). The van der Waals surface area contributed by atoms with Crippen molar-refractivity contribution in [3.8, 4) is 11.1 Å². The smallest absolute Gasteiger partial charge is 0.417 e. The average Bonchev–Trinajstić information content (AvgIpc) is 3.47. The van der Waals surface area contributed by atoms with Gasteiger partial charge in [-0.05, 0) is 53.8 Å². The molecule has 2 aromatic carbocycles. The number of nitrogens with zero attached hydrogens (tertiary/aromatic N) is 1. The molecule has 0 saturated heterocycles. The third kappa shape index (κ3) is 7.29. The van der Waals surface area contributed by atoms with Crippen LogP contribution in [0.3, 0.4) is 0 Å². The number of carbonyl (C=O) groups is 1. The molecule has 0 bridgehead atoms. The summed E-state index contributed by atoms with van der Waals surface area (Å²) in [6, 6.07) is 1.61. The molecular formula is C32H31F8N3O4. The van der Waals surface area contributed by atoms with Crippen LogP contribution in [-0.2, 0) is 42.3 Å². The van der Waals surface area contributed by atoms with Gasteiger partial charge in [0.05, 0.1) is 37.5 Å². The molecule has 2 N–H and O–H groups in total. The van der Waals surface area contributed by atoms with E-state index < -0.39 is 76.3 Å². The number of alkyl halides is 6. The van der Waals surface area contributed by atoms with Crippen molar-refractivity contribution in [1.82, 2.24) is 9.88 Å². The fourth-order valence-electron chi connectivity index (χ4n) is 5.40. The van der Waals surface area contributed by atoms with Crippen molar-refractivity contribution in [3.63, 3.8) is 0 Å². The molecule has 0 aliphatic carbocycles. The second-order valence-corrected chi connectivity index (χ2v) is 11.0. The van der Waals surface area contributed by atoms with Crippen molar-refractivity contribution >= 4 is 11.6 Å². The predicted molar refractivity (Wildman–Crippen MR) is 157 cm³/mol. The van der Waals surface area contributed by atoms with E-state index in [0.717, 1.165) is 10.6 Å². The van der Waals surface area contributed by atoms with E-state index in [0.29, 0.717) is 28.8 Å². The highest BCUT2D eigenvalue weighted by molar-refractivity contribution is 5.95. The van der Waals surface area contributed by atoms with E-state index in [1.54, 1.807) is 0 Å². The number of carbonyl (C=O) groups excluding carboxylic acids is 1. The molecule has 15 heteroatoms. The summed E-state index contributed by atoms with van der Waals surface area (Å²) in [5, 5.41) is 4.42. The van der Waals surface area contributed by atoms with Crippen molar-refractivity contribution in [2.75, 3.05) is 12.4 Å². The average molecular weight is 674 g/mol. The van der Waals surface area contributed by atoms with Gasteiger partial charge in [-0.25, -0.2) is 8.78 Å². The summed E-state index contributed by atoms with van der Waals surface area (Å²) >= 11 is 0. The van der Waals surface area contributed by atoms with E-state index in [1.165, 1.54) is 40.1 Å².